The topological polar surface area (TPSA) is 107 Å². The molecule has 0 bridgehead atoms. The van der Waals surface area contributed by atoms with Gasteiger partial charge in [-0.15, -0.1) is 0 Å². The third kappa shape index (κ3) is 3.37. The Morgan fingerprint density at radius 2 is 2.04 bits per heavy atom. The quantitative estimate of drug-likeness (QED) is 0.580. The molecule has 1 N–H and O–H groups in total. The van der Waals surface area contributed by atoms with Crippen molar-refractivity contribution >= 4 is 28.3 Å². The van der Waals surface area contributed by atoms with Gasteiger partial charge in [0.1, 0.15) is 6.54 Å². The number of benzene rings is 2. The minimum Gasteiger partial charge on any atom is -0.324 e. The van der Waals surface area contributed by atoms with Crippen molar-refractivity contribution in [2.75, 3.05) is 5.32 Å². The summed E-state index contributed by atoms with van der Waals surface area (Å²) in [5.74, 6) is -0.456. The monoisotopic (exact) mass is 338 g/mol. The zero-order valence-electron chi connectivity index (χ0n) is 13.3. The first-order valence-corrected chi connectivity index (χ1v) is 7.45. The van der Waals surface area contributed by atoms with Crippen LogP contribution in [0.25, 0.3) is 11.0 Å². The molecule has 0 saturated carbocycles. The highest BCUT2D eigenvalue weighted by Gasteiger charge is 2.13. The smallest absolute Gasteiger partial charge is 0.271 e. The largest absolute Gasteiger partial charge is 0.324 e. The molecule has 3 aromatic rings. The molecule has 1 amide bonds. The lowest BCUT2D eigenvalue weighted by Gasteiger charge is -2.11. The summed E-state index contributed by atoms with van der Waals surface area (Å²) in [7, 11) is 0. The lowest BCUT2D eigenvalue weighted by atomic mass is 10.2. The number of nitro groups is 1. The van der Waals surface area contributed by atoms with E-state index in [1.807, 2.05) is 0 Å². The van der Waals surface area contributed by atoms with Gasteiger partial charge in [0, 0.05) is 12.1 Å². The summed E-state index contributed by atoms with van der Waals surface area (Å²) in [5.41, 5.74) is 1.65. The van der Waals surface area contributed by atoms with Crippen LogP contribution < -0.4 is 10.9 Å². The maximum atomic E-state index is 12.4. The van der Waals surface area contributed by atoms with E-state index in [9.17, 15) is 19.7 Å². The fraction of sp³-hybridized carbons (Fsp3) is 0.118. The molecule has 2 aromatic carbocycles. The van der Waals surface area contributed by atoms with E-state index >= 15 is 0 Å². The van der Waals surface area contributed by atoms with Crippen molar-refractivity contribution in [3.8, 4) is 0 Å². The summed E-state index contributed by atoms with van der Waals surface area (Å²) >= 11 is 0. The Morgan fingerprint density at radius 3 is 2.80 bits per heavy atom. The highest BCUT2D eigenvalue weighted by Crippen LogP contribution is 2.21. The molecule has 0 unspecified atom stereocenters. The van der Waals surface area contributed by atoms with Gasteiger partial charge in [0.15, 0.2) is 0 Å². The second-order valence-corrected chi connectivity index (χ2v) is 5.48. The summed E-state index contributed by atoms with van der Waals surface area (Å²) in [5, 5.41) is 13.5. The first-order valence-electron chi connectivity index (χ1n) is 7.45. The molecule has 0 atom stereocenters. The van der Waals surface area contributed by atoms with Crippen LogP contribution in [0.3, 0.4) is 0 Å². The summed E-state index contributed by atoms with van der Waals surface area (Å²) in [4.78, 5) is 38.8. The Balaban J connectivity index is 1.89. The molecular weight excluding hydrogens is 324 g/mol. The van der Waals surface area contributed by atoms with Gasteiger partial charge in [-0.3, -0.25) is 24.3 Å². The zero-order valence-corrected chi connectivity index (χ0v) is 13.3. The Kier molecular flexibility index (Phi) is 4.25. The van der Waals surface area contributed by atoms with Crippen LogP contribution >= 0.6 is 0 Å². The molecule has 8 nitrogen and oxygen atoms in total. The normalized spacial score (nSPS) is 10.6. The number of non-ortho nitro benzene ring substituents is 1. The average molecular weight is 338 g/mol. The fourth-order valence-corrected chi connectivity index (χ4v) is 2.47. The van der Waals surface area contributed by atoms with Gasteiger partial charge in [-0.1, -0.05) is 18.2 Å². The number of anilines is 1. The number of carbonyl (C=O) groups is 1. The number of rotatable bonds is 4. The van der Waals surface area contributed by atoms with Crippen molar-refractivity contribution in [1.29, 1.82) is 0 Å². The number of nitrogens with one attached hydrogen (secondary N) is 1. The van der Waals surface area contributed by atoms with Gasteiger partial charge in [-0.25, -0.2) is 4.98 Å². The Morgan fingerprint density at radius 1 is 1.28 bits per heavy atom. The van der Waals surface area contributed by atoms with Crippen LogP contribution in [0.1, 0.15) is 5.56 Å². The molecule has 0 fully saturated rings. The predicted octanol–water partition coefficient (Wildman–Crippen LogP) is 2.25. The highest BCUT2D eigenvalue weighted by atomic mass is 16.6. The third-order valence-electron chi connectivity index (χ3n) is 3.76. The zero-order chi connectivity index (χ0) is 18.0. The van der Waals surface area contributed by atoms with Crippen molar-refractivity contribution in [3.05, 3.63) is 74.7 Å². The maximum Gasteiger partial charge on any atom is 0.271 e. The number of hydrogen-bond acceptors (Lipinski definition) is 5. The molecule has 1 heterocycles. The molecule has 0 saturated heterocycles. The SMILES string of the molecule is Cc1ccc([N+](=O)[O-])cc1NC(=O)Cn1c(=O)cnc2ccccc21. The van der Waals surface area contributed by atoms with Gasteiger partial charge in [-0.05, 0) is 24.6 Å². The van der Waals surface area contributed by atoms with E-state index in [4.69, 9.17) is 0 Å². The van der Waals surface area contributed by atoms with Crippen molar-refractivity contribution in [2.45, 2.75) is 13.5 Å². The molecule has 25 heavy (non-hydrogen) atoms. The van der Waals surface area contributed by atoms with Crippen LogP contribution in [0.2, 0.25) is 0 Å². The van der Waals surface area contributed by atoms with Gasteiger partial charge >= 0.3 is 0 Å². The van der Waals surface area contributed by atoms with Crippen LogP contribution in [-0.2, 0) is 11.3 Å². The average Bonchev–Trinajstić information content (AvgIpc) is 2.59. The van der Waals surface area contributed by atoms with Gasteiger partial charge in [0.2, 0.25) is 5.91 Å². The van der Waals surface area contributed by atoms with E-state index in [0.29, 0.717) is 22.3 Å². The second kappa shape index (κ2) is 6.52. The fourth-order valence-electron chi connectivity index (χ4n) is 2.47. The first kappa shape index (κ1) is 16.3. The summed E-state index contributed by atoms with van der Waals surface area (Å²) in [6, 6.07) is 11.2. The number of aromatic nitrogens is 2. The molecule has 1 aromatic heterocycles. The van der Waals surface area contributed by atoms with Crippen LogP contribution in [0.4, 0.5) is 11.4 Å². The lowest BCUT2D eigenvalue weighted by molar-refractivity contribution is -0.384. The Labute approximate surface area is 141 Å². The molecule has 0 aliphatic rings. The second-order valence-electron chi connectivity index (χ2n) is 5.48. The minimum atomic E-state index is -0.532. The van der Waals surface area contributed by atoms with Gasteiger partial charge in [0.05, 0.1) is 27.8 Å². The number of amides is 1. The van der Waals surface area contributed by atoms with Crippen LogP contribution in [0.5, 0.6) is 0 Å². The number of fused-ring (bicyclic) bond motifs is 1. The van der Waals surface area contributed by atoms with Crippen molar-refractivity contribution in [1.82, 2.24) is 9.55 Å². The molecular formula is C17H14N4O4. The minimum absolute atomic E-state index is 0.118. The number of para-hydroxylation sites is 2. The van der Waals surface area contributed by atoms with E-state index in [1.54, 1.807) is 37.3 Å². The number of hydrogen-bond donors (Lipinski definition) is 1. The number of nitrogens with zero attached hydrogens (tertiary/aromatic N) is 3. The number of carbonyl (C=O) groups excluding carboxylic acids is 1. The van der Waals surface area contributed by atoms with Gasteiger partial charge in [0.25, 0.3) is 11.2 Å². The van der Waals surface area contributed by atoms with Crippen LogP contribution in [0, 0.1) is 17.0 Å². The van der Waals surface area contributed by atoms with E-state index in [-0.39, 0.29) is 12.2 Å². The van der Waals surface area contributed by atoms with E-state index in [0.717, 1.165) is 6.20 Å². The van der Waals surface area contributed by atoms with E-state index in [1.165, 1.54) is 16.7 Å². The molecule has 0 radical (unpaired) electrons. The lowest BCUT2D eigenvalue weighted by Crippen LogP contribution is -2.28. The molecule has 0 aliphatic carbocycles. The van der Waals surface area contributed by atoms with E-state index in [2.05, 4.69) is 10.3 Å². The molecule has 0 aliphatic heterocycles. The summed E-state index contributed by atoms with van der Waals surface area (Å²) < 4.78 is 1.31. The van der Waals surface area contributed by atoms with E-state index < -0.39 is 16.4 Å². The van der Waals surface area contributed by atoms with Crippen molar-refractivity contribution < 1.29 is 9.72 Å². The van der Waals surface area contributed by atoms with Gasteiger partial charge in [-0.2, -0.15) is 0 Å². The Bertz CT molecular complexity index is 1040. The summed E-state index contributed by atoms with van der Waals surface area (Å²) in [6.07, 6.45) is 1.16. The Hall–Kier alpha value is -3.55. The van der Waals surface area contributed by atoms with Crippen LogP contribution in [0.15, 0.2) is 53.5 Å². The molecule has 8 heteroatoms. The van der Waals surface area contributed by atoms with Crippen LogP contribution in [-0.4, -0.2) is 20.4 Å². The number of nitro benzene ring substituents is 1. The molecule has 126 valence electrons. The molecule has 3 rings (SSSR count). The standard InChI is InChI=1S/C17H14N4O4/c1-11-6-7-12(21(24)25)8-14(11)19-16(22)10-20-15-5-3-2-4-13(15)18-9-17(20)23/h2-9H,10H2,1H3,(H,19,22). The number of aryl methyl sites for hydroxylation is 1. The van der Waals surface area contributed by atoms with Gasteiger partial charge < -0.3 is 5.32 Å². The highest BCUT2D eigenvalue weighted by molar-refractivity contribution is 5.92. The first-order chi connectivity index (χ1) is 12.0. The summed E-state index contributed by atoms with van der Waals surface area (Å²) in [6.45, 7) is 1.51. The van der Waals surface area contributed by atoms with Crippen molar-refractivity contribution in [3.63, 3.8) is 0 Å². The van der Waals surface area contributed by atoms with Crippen molar-refractivity contribution in [2.24, 2.45) is 0 Å². The predicted molar refractivity (Wildman–Crippen MR) is 92.5 cm³/mol. The maximum absolute atomic E-state index is 12.4. The third-order valence-corrected chi connectivity index (χ3v) is 3.76. The molecule has 0 spiro atoms.